The monoisotopic (exact) mass is 299 g/mol. The van der Waals surface area contributed by atoms with Gasteiger partial charge in [0.2, 0.25) is 0 Å². The molecule has 0 saturated carbocycles. The van der Waals surface area contributed by atoms with Gasteiger partial charge in [-0.25, -0.2) is 0 Å². The first kappa shape index (κ1) is 14.5. The van der Waals surface area contributed by atoms with Crippen LogP contribution in [-0.4, -0.2) is 18.7 Å². The van der Waals surface area contributed by atoms with Gasteiger partial charge in [0.05, 0.1) is 4.47 Å². The van der Waals surface area contributed by atoms with Crippen LogP contribution in [0.3, 0.4) is 0 Å². The molecule has 0 amide bonds. The van der Waals surface area contributed by atoms with Crippen LogP contribution in [0.1, 0.15) is 33.6 Å². The molecule has 0 spiro atoms. The van der Waals surface area contributed by atoms with Gasteiger partial charge in [0.1, 0.15) is 11.9 Å². The summed E-state index contributed by atoms with van der Waals surface area (Å²) in [5.41, 5.74) is 0. The minimum atomic E-state index is 0.237. The van der Waals surface area contributed by atoms with Crippen molar-refractivity contribution >= 4 is 15.9 Å². The maximum atomic E-state index is 6.03. The molecule has 0 aliphatic heterocycles. The first-order chi connectivity index (χ1) is 8.13. The number of nitrogens with one attached hydrogen (secondary N) is 1. The van der Waals surface area contributed by atoms with Gasteiger partial charge in [0.25, 0.3) is 0 Å². The van der Waals surface area contributed by atoms with E-state index in [1.807, 2.05) is 24.3 Å². The molecule has 1 rings (SSSR count). The Morgan fingerprint density at radius 1 is 1.29 bits per heavy atom. The largest absolute Gasteiger partial charge is 0.488 e. The molecule has 0 heterocycles. The van der Waals surface area contributed by atoms with E-state index in [2.05, 4.69) is 42.0 Å². The lowest BCUT2D eigenvalue weighted by molar-refractivity contribution is 0.182. The molecule has 0 aromatic heterocycles. The Hall–Kier alpha value is -0.540. The van der Waals surface area contributed by atoms with Crippen LogP contribution < -0.4 is 10.1 Å². The van der Waals surface area contributed by atoms with Gasteiger partial charge in [-0.1, -0.05) is 39.3 Å². The summed E-state index contributed by atoms with van der Waals surface area (Å²) >= 11 is 3.51. The molecule has 1 unspecified atom stereocenters. The van der Waals surface area contributed by atoms with Crippen molar-refractivity contribution in [3.63, 3.8) is 0 Å². The third-order valence-electron chi connectivity index (χ3n) is 2.49. The van der Waals surface area contributed by atoms with Crippen LogP contribution in [0.25, 0.3) is 0 Å². The van der Waals surface area contributed by atoms with Crippen LogP contribution >= 0.6 is 15.9 Å². The Balaban J connectivity index is 2.56. The summed E-state index contributed by atoms with van der Waals surface area (Å²) in [6.45, 7) is 7.39. The molecule has 2 nitrogen and oxygen atoms in total. The number of para-hydroxylation sites is 1. The fourth-order valence-corrected chi connectivity index (χ4v) is 1.99. The number of hydrogen-bond acceptors (Lipinski definition) is 2. The zero-order valence-corrected chi connectivity index (χ0v) is 12.5. The predicted molar refractivity (Wildman–Crippen MR) is 76.6 cm³/mol. The van der Waals surface area contributed by atoms with E-state index in [9.17, 15) is 0 Å². The average molecular weight is 300 g/mol. The molecule has 1 aromatic rings. The third-order valence-corrected chi connectivity index (χ3v) is 3.15. The molecule has 0 bridgehead atoms. The predicted octanol–water partition coefficient (Wildman–Crippen LogP) is 3.99. The van der Waals surface area contributed by atoms with Crippen molar-refractivity contribution in [3.8, 4) is 5.75 Å². The zero-order chi connectivity index (χ0) is 12.7. The molecular weight excluding hydrogens is 278 g/mol. The molecule has 0 radical (unpaired) electrons. The summed E-state index contributed by atoms with van der Waals surface area (Å²) in [6, 6.07) is 8.50. The van der Waals surface area contributed by atoms with E-state index in [1.165, 1.54) is 0 Å². The second-order valence-electron chi connectivity index (χ2n) is 4.52. The van der Waals surface area contributed by atoms with Crippen molar-refractivity contribution in [1.82, 2.24) is 5.32 Å². The maximum Gasteiger partial charge on any atom is 0.133 e. The van der Waals surface area contributed by atoms with E-state index in [1.54, 1.807) is 0 Å². The highest BCUT2D eigenvalue weighted by Crippen LogP contribution is 2.25. The van der Waals surface area contributed by atoms with Crippen LogP contribution in [0.4, 0.5) is 0 Å². The highest BCUT2D eigenvalue weighted by Gasteiger charge is 2.11. The molecule has 96 valence electrons. The summed E-state index contributed by atoms with van der Waals surface area (Å²) in [6.07, 6.45) is 2.44. The summed E-state index contributed by atoms with van der Waals surface area (Å²) in [5.74, 6) is 0.927. The van der Waals surface area contributed by atoms with E-state index in [0.717, 1.165) is 29.6 Å². The second-order valence-corrected chi connectivity index (χ2v) is 5.38. The Bertz CT molecular complexity index is 328. The molecular formula is C14H22BrNO. The smallest absolute Gasteiger partial charge is 0.133 e. The van der Waals surface area contributed by atoms with Crippen molar-refractivity contribution in [2.75, 3.05) is 6.54 Å². The lowest BCUT2D eigenvalue weighted by Gasteiger charge is -2.21. The van der Waals surface area contributed by atoms with Crippen LogP contribution in [0.2, 0.25) is 0 Å². The maximum absolute atomic E-state index is 6.03. The van der Waals surface area contributed by atoms with Gasteiger partial charge in [-0.05, 0) is 34.5 Å². The Morgan fingerprint density at radius 2 is 2.00 bits per heavy atom. The average Bonchev–Trinajstić information content (AvgIpc) is 2.29. The van der Waals surface area contributed by atoms with Gasteiger partial charge in [-0.15, -0.1) is 0 Å². The molecule has 0 saturated heterocycles. The highest BCUT2D eigenvalue weighted by atomic mass is 79.9. The third kappa shape index (κ3) is 5.55. The molecule has 1 aromatic carbocycles. The fourth-order valence-electron chi connectivity index (χ4n) is 1.61. The molecule has 0 aliphatic carbocycles. The van der Waals surface area contributed by atoms with Gasteiger partial charge in [0, 0.05) is 12.6 Å². The molecule has 1 N–H and O–H groups in total. The molecule has 0 fully saturated rings. The van der Waals surface area contributed by atoms with E-state index >= 15 is 0 Å². The first-order valence-electron chi connectivity index (χ1n) is 6.28. The van der Waals surface area contributed by atoms with E-state index < -0.39 is 0 Å². The van der Waals surface area contributed by atoms with Gasteiger partial charge in [-0.3, -0.25) is 0 Å². The SMILES string of the molecule is CCCC(CNC(C)C)Oc1ccccc1Br. The fraction of sp³-hybridized carbons (Fsp3) is 0.571. The van der Waals surface area contributed by atoms with E-state index in [-0.39, 0.29) is 6.10 Å². The van der Waals surface area contributed by atoms with Crippen molar-refractivity contribution < 1.29 is 4.74 Å². The van der Waals surface area contributed by atoms with Crippen LogP contribution in [-0.2, 0) is 0 Å². The number of hydrogen-bond donors (Lipinski definition) is 1. The number of rotatable bonds is 7. The zero-order valence-electron chi connectivity index (χ0n) is 10.9. The normalized spacial score (nSPS) is 12.8. The van der Waals surface area contributed by atoms with Gasteiger partial charge >= 0.3 is 0 Å². The second kappa shape index (κ2) is 7.72. The summed E-state index contributed by atoms with van der Waals surface area (Å²) in [7, 11) is 0. The Morgan fingerprint density at radius 3 is 2.59 bits per heavy atom. The Kier molecular flexibility index (Phi) is 6.60. The highest BCUT2D eigenvalue weighted by molar-refractivity contribution is 9.10. The quantitative estimate of drug-likeness (QED) is 0.822. The minimum Gasteiger partial charge on any atom is -0.488 e. The van der Waals surface area contributed by atoms with Crippen molar-refractivity contribution in [2.45, 2.75) is 45.8 Å². The minimum absolute atomic E-state index is 0.237. The van der Waals surface area contributed by atoms with Crippen molar-refractivity contribution in [3.05, 3.63) is 28.7 Å². The van der Waals surface area contributed by atoms with Crippen LogP contribution in [0.15, 0.2) is 28.7 Å². The lowest BCUT2D eigenvalue weighted by atomic mass is 10.2. The summed E-state index contributed by atoms with van der Waals surface area (Å²) < 4.78 is 7.05. The van der Waals surface area contributed by atoms with Gasteiger partial charge < -0.3 is 10.1 Å². The van der Waals surface area contributed by atoms with Crippen LogP contribution in [0, 0.1) is 0 Å². The summed E-state index contributed by atoms with van der Waals surface area (Å²) in [4.78, 5) is 0. The molecule has 0 aliphatic rings. The van der Waals surface area contributed by atoms with Crippen molar-refractivity contribution in [2.24, 2.45) is 0 Å². The van der Waals surface area contributed by atoms with E-state index in [4.69, 9.17) is 4.74 Å². The van der Waals surface area contributed by atoms with Gasteiger partial charge in [0.15, 0.2) is 0 Å². The van der Waals surface area contributed by atoms with E-state index in [0.29, 0.717) is 6.04 Å². The van der Waals surface area contributed by atoms with Crippen LogP contribution in [0.5, 0.6) is 5.75 Å². The number of benzene rings is 1. The molecule has 3 heteroatoms. The lowest BCUT2D eigenvalue weighted by Crippen LogP contribution is -2.35. The van der Waals surface area contributed by atoms with Crippen molar-refractivity contribution in [1.29, 1.82) is 0 Å². The molecule has 17 heavy (non-hydrogen) atoms. The standard InChI is InChI=1S/C14H22BrNO/c1-4-7-12(10-16-11(2)3)17-14-9-6-5-8-13(14)15/h5-6,8-9,11-12,16H,4,7,10H2,1-3H3. The molecule has 1 atom stereocenters. The number of halogens is 1. The topological polar surface area (TPSA) is 21.3 Å². The van der Waals surface area contributed by atoms with Gasteiger partial charge in [-0.2, -0.15) is 0 Å². The number of ether oxygens (including phenoxy) is 1. The summed E-state index contributed by atoms with van der Waals surface area (Å²) in [5, 5.41) is 3.43. The first-order valence-corrected chi connectivity index (χ1v) is 7.07. The Labute approximate surface area is 113 Å².